The summed E-state index contributed by atoms with van der Waals surface area (Å²) in [5, 5.41) is 2.33. The molecule has 0 N–H and O–H groups in total. The summed E-state index contributed by atoms with van der Waals surface area (Å²) in [6.07, 6.45) is 1.85. The van der Waals surface area contributed by atoms with Gasteiger partial charge in [-0.15, -0.1) is 0 Å². The lowest BCUT2D eigenvalue weighted by Gasteiger charge is -1.93. The highest BCUT2D eigenvalue weighted by atomic mass is 16.3. The van der Waals surface area contributed by atoms with Crippen LogP contribution in [0.4, 0.5) is 0 Å². The Morgan fingerprint density at radius 1 is 1.00 bits per heavy atom. The van der Waals surface area contributed by atoms with Gasteiger partial charge in [-0.1, -0.05) is 30.9 Å². The van der Waals surface area contributed by atoms with Gasteiger partial charge in [0.2, 0.25) is 0 Å². The molecule has 0 spiro atoms. The molecule has 0 saturated carbocycles. The van der Waals surface area contributed by atoms with Crippen molar-refractivity contribution in [1.82, 2.24) is 0 Å². The molecule has 0 aliphatic carbocycles. The lowest BCUT2D eigenvalue weighted by molar-refractivity contribution is 0.668. The van der Waals surface area contributed by atoms with Crippen molar-refractivity contribution in [2.24, 2.45) is 0 Å². The molecule has 0 radical (unpaired) electrons. The lowest BCUT2D eigenvalue weighted by atomic mass is 10.1. The lowest BCUT2D eigenvalue weighted by Crippen LogP contribution is -1.72. The van der Waals surface area contributed by atoms with E-state index in [4.69, 9.17) is 4.42 Å². The molecular formula is C15H12O. The van der Waals surface area contributed by atoms with Crippen molar-refractivity contribution in [3.8, 4) is 0 Å². The number of hydrogen-bond donors (Lipinski definition) is 0. The second-order valence-electron chi connectivity index (χ2n) is 4.06. The molecule has 1 heteroatoms. The van der Waals surface area contributed by atoms with Crippen LogP contribution in [0.3, 0.4) is 0 Å². The summed E-state index contributed by atoms with van der Waals surface area (Å²) in [6.45, 7) is 5.86. The van der Waals surface area contributed by atoms with E-state index in [0.29, 0.717) is 0 Å². The van der Waals surface area contributed by atoms with Gasteiger partial charge in [0.1, 0.15) is 11.2 Å². The predicted molar refractivity (Wildman–Crippen MR) is 68.5 cm³/mol. The molecule has 0 saturated heterocycles. The summed E-state index contributed by atoms with van der Waals surface area (Å²) in [5.41, 5.74) is 4.23. The molecule has 78 valence electrons. The van der Waals surface area contributed by atoms with E-state index < -0.39 is 0 Å². The molecule has 1 nitrogen and oxygen atoms in total. The first-order valence-corrected chi connectivity index (χ1v) is 5.33. The van der Waals surface area contributed by atoms with Gasteiger partial charge < -0.3 is 4.42 Å². The smallest absolute Gasteiger partial charge is 0.135 e. The third-order valence-corrected chi connectivity index (χ3v) is 2.89. The minimum Gasteiger partial charge on any atom is -0.456 e. The number of aryl methyl sites for hydroxylation is 1. The summed E-state index contributed by atoms with van der Waals surface area (Å²) in [7, 11) is 0. The van der Waals surface area contributed by atoms with Crippen LogP contribution >= 0.6 is 0 Å². The van der Waals surface area contributed by atoms with E-state index >= 15 is 0 Å². The van der Waals surface area contributed by atoms with E-state index in [1.807, 2.05) is 18.2 Å². The molecule has 0 fully saturated rings. The average molecular weight is 208 g/mol. The van der Waals surface area contributed by atoms with E-state index in [-0.39, 0.29) is 0 Å². The van der Waals surface area contributed by atoms with Crippen molar-refractivity contribution >= 4 is 28.0 Å². The topological polar surface area (TPSA) is 13.1 Å². The maximum Gasteiger partial charge on any atom is 0.135 e. The van der Waals surface area contributed by atoms with Crippen LogP contribution in [0.15, 0.2) is 47.4 Å². The molecule has 0 unspecified atom stereocenters. The molecule has 0 amide bonds. The Morgan fingerprint density at radius 3 is 2.69 bits per heavy atom. The van der Waals surface area contributed by atoms with Crippen LogP contribution in [0.1, 0.15) is 11.1 Å². The highest BCUT2D eigenvalue weighted by Crippen LogP contribution is 2.30. The second kappa shape index (κ2) is 3.24. The molecule has 0 aliphatic rings. The Hall–Kier alpha value is -2.02. The first-order chi connectivity index (χ1) is 7.78. The van der Waals surface area contributed by atoms with Crippen molar-refractivity contribution in [2.75, 3.05) is 0 Å². The number of hydrogen-bond acceptors (Lipinski definition) is 1. The monoisotopic (exact) mass is 208 g/mol. The Balaban J connectivity index is 2.47. The van der Waals surface area contributed by atoms with Crippen molar-refractivity contribution in [3.05, 3.63) is 54.1 Å². The van der Waals surface area contributed by atoms with E-state index in [1.54, 1.807) is 0 Å². The highest BCUT2D eigenvalue weighted by molar-refractivity contribution is 6.05. The van der Waals surface area contributed by atoms with Crippen molar-refractivity contribution in [3.63, 3.8) is 0 Å². The van der Waals surface area contributed by atoms with Crippen molar-refractivity contribution in [2.45, 2.75) is 6.92 Å². The van der Waals surface area contributed by atoms with Gasteiger partial charge in [0.15, 0.2) is 0 Å². The molecular weight excluding hydrogens is 196 g/mol. The fourth-order valence-corrected chi connectivity index (χ4v) is 2.03. The maximum absolute atomic E-state index is 5.80. The first-order valence-electron chi connectivity index (χ1n) is 5.33. The van der Waals surface area contributed by atoms with Gasteiger partial charge in [-0.3, -0.25) is 0 Å². The molecule has 0 bridgehead atoms. The average Bonchev–Trinajstić information content (AvgIpc) is 2.65. The summed E-state index contributed by atoms with van der Waals surface area (Å²) in [5.74, 6) is 0. The zero-order chi connectivity index (χ0) is 11.1. The van der Waals surface area contributed by atoms with E-state index in [9.17, 15) is 0 Å². The van der Waals surface area contributed by atoms with Crippen LogP contribution in [-0.2, 0) is 0 Å². The van der Waals surface area contributed by atoms with E-state index in [0.717, 1.165) is 22.1 Å². The zero-order valence-corrected chi connectivity index (χ0v) is 9.16. The summed E-state index contributed by atoms with van der Waals surface area (Å²) in [6, 6.07) is 12.4. The normalized spacial score (nSPS) is 11.1. The summed E-state index contributed by atoms with van der Waals surface area (Å²) < 4.78 is 5.80. The SMILES string of the molecule is C=Cc1ccc2oc3cc(C)ccc3c2c1. The summed E-state index contributed by atoms with van der Waals surface area (Å²) >= 11 is 0. The molecule has 3 aromatic rings. The Morgan fingerprint density at radius 2 is 1.88 bits per heavy atom. The highest BCUT2D eigenvalue weighted by Gasteiger charge is 2.06. The number of furan rings is 1. The molecule has 0 aliphatic heterocycles. The minimum atomic E-state index is 0.936. The van der Waals surface area contributed by atoms with Gasteiger partial charge in [-0.2, -0.15) is 0 Å². The second-order valence-corrected chi connectivity index (χ2v) is 4.06. The standard InChI is InChI=1S/C15H12O/c1-3-11-5-7-14-13(9-11)12-6-4-10(2)8-15(12)16-14/h3-9H,1H2,2H3. The molecule has 1 heterocycles. The van der Waals surface area contributed by atoms with Crippen LogP contribution in [-0.4, -0.2) is 0 Å². The van der Waals surface area contributed by atoms with Gasteiger partial charge in [0, 0.05) is 10.8 Å². The molecule has 2 aromatic carbocycles. The Kier molecular flexibility index (Phi) is 1.87. The van der Waals surface area contributed by atoms with Crippen LogP contribution in [0.2, 0.25) is 0 Å². The van der Waals surface area contributed by atoms with Crippen LogP contribution in [0.5, 0.6) is 0 Å². The first kappa shape index (κ1) is 9.22. The Bertz CT molecular complexity index is 689. The van der Waals surface area contributed by atoms with Crippen LogP contribution < -0.4 is 0 Å². The van der Waals surface area contributed by atoms with E-state index in [1.165, 1.54) is 10.9 Å². The zero-order valence-electron chi connectivity index (χ0n) is 9.16. The minimum absolute atomic E-state index is 0.936. The quantitative estimate of drug-likeness (QED) is 0.572. The van der Waals surface area contributed by atoms with Crippen LogP contribution in [0.25, 0.3) is 28.0 Å². The number of rotatable bonds is 1. The molecule has 1 aromatic heterocycles. The predicted octanol–water partition coefficient (Wildman–Crippen LogP) is 4.54. The third-order valence-electron chi connectivity index (χ3n) is 2.89. The molecule has 0 atom stereocenters. The van der Waals surface area contributed by atoms with E-state index in [2.05, 4.69) is 37.8 Å². The van der Waals surface area contributed by atoms with Gasteiger partial charge in [0.05, 0.1) is 0 Å². The number of benzene rings is 2. The fourth-order valence-electron chi connectivity index (χ4n) is 2.03. The van der Waals surface area contributed by atoms with Gasteiger partial charge in [-0.05, 0) is 36.2 Å². The van der Waals surface area contributed by atoms with Crippen molar-refractivity contribution < 1.29 is 4.42 Å². The van der Waals surface area contributed by atoms with Gasteiger partial charge in [-0.25, -0.2) is 0 Å². The van der Waals surface area contributed by atoms with Gasteiger partial charge >= 0.3 is 0 Å². The van der Waals surface area contributed by atoms with Gasteiger partial charge in [0.25, 0.3) is 0 Å². The molecule has 3 rings (SSSR count). The maximum atomic E-state index is 5.80. The third kappa shape index (κ3) is 1.25. The largest absolute Gasteiger partial charge is 0.456 e. The number of fused-ring (bicyclic) bond motifs is 3. The fraction of sp³-hybridized carbons (Fsp3) is 0.0667. The summed E-state index contributed by atoms with van der Waals surface area (Å²) in [4.78, 5) is 0. The van der Waals surface area contributed by atoms with Crippen molar-refractivity contribution in [1.29, 1.82) is 0 Å². The Labute approximate surface area is 94.0 Å². The van der Waals surface area contributed by atoms with Crippen LogP contribution in [0, 0.1) is 6.92 Å². The molecule has 16 heavy (non-hydrogen) atoms.